The molecule has 0 bridgehead atoms. The van der Waals surface area contributed by atoms with Gasteiger partial charge in [-0.25, -0.2) is 4.99 Å². The van der Waals surface area contributed by atoms with E-state index in [1.165, 1.54) is 5.56 Å². The van der Waals surface area contributed by atoms with Crippen LogP contribution in [0.5, 0.6) is 11.5 Å². The third-order valence-corrected chi connectivity index (χ3v) is 4.85. The Balaban J connectivity index is 2.00. The molecule has 1 amide bonds. The summed E-state index contributed by atoms with van der Waals surface area (Å²) < 4.78 is 10.7. The third kappa shape index (κ3) is 7.20. The molecule has 2 N–H and O–H groups in total. The number of amides is 1. The number of aliphatic imine (C=N–C) groups is 1. The molecule has 0 aromatic heterocycles. The van der Waals surface area contributed by atoms with Gasteiger partial charge in [0.05, 0.1) is 20.8 Å². The zero-order valence-corrected chi connectivity index (χ0v) is 19.2. The highest BCUT2D eigenvalue weighted by Crippen LogP contribution is 2.27. The lowest BCUT2D eigenvalue weighted by Gasteiger charge is -2.22. The monoisotopic (exact) mass is 426 g/mol. The average Bonchev–Trinajstić information content (AvgIpc) is 2.80. The van der Waals surface area contributed by atoms with Crippen LogP contribution in [0.3, 0.4) is 0 Å². The van der Waals surface area contributed by atoms with Gasteiger partial charge in [0.25, 0.3) is 5.91 Å². The Morgan fingerprint density at radius 2 is 1.58 bits per heavy atom. The predicted octanol–water partition coefficient (Wildman–Crippen LogP) is 3.09. The van der Waals surface area contributed by atoms with Crippen LogP contribution in [0, 0.1) is 0 Å². The molecule has 0 fully saturated rings. The van der Waals surface area contributed by atoms with E-state index in [0.29, 0.717) is 18.7 Å². The number of hydrogen-bond acceptors (Lipinski definition) is 4. The molecular weight excluding hydrogens is 392 g/mol. The fourth-order valence-electron chi connectivity index (χ4n) is 3.10. The fraction of sp³-hybridized carbons (Fsp3) is 0.417. The van der Waals surface area contributed by atoms with Crippen LogP contribution in [0.1, 0.15) is 35.3 Å². The number of nitrogens with zero attached hydrogens (tertiary/aromatic N) is 2. The molecule has 2 aromatic rings. The second-order valence-electron chi connectivity index (χ2n) is 7.09. The molecule has 2 rings (SSSR count). The van der Waals surface area contributed by atoms with Gasteiger partial charge < -0.3 is 25.0 Å². The first-order valence-electron chi connectivity index (χ1n) is 10.6. The Hall–Kier alpha value is -3.22. The van der Waals surface area contributed by atoms with Crippen molar-refractivity contribution in [1.82, 2.24) is 15.5 Å². The van der Waals surface area contributed by atoms with Crippen molar-refractivity contribution in [3.05, 3.63) is 59.2 Å². The minimum Gasteiger partial charge on any atom is -0.493 e. The molecule has 31 heavy (non-hydrogen) atoms. The maximum absolute atomic E-state index is 11.9. The number of ether oxygens (including phenoxy) is 2. The minimum absolute atomic E-state index is 0.0548. The third-order valence-electron chi connectivity index (χ3n) is 4.85. The van der Waals surface area contributed by atoms with Crippen LogP contribution in [0.4, 0.5) is 0 Å². The first kappa shape index (κ1) is 24.1. The molecule has 0 spiro atoms. The van der Waals surface area contributed by atoms with Gasteiger partial charge in [-0.05, 0) is 55.7 Å². The molecule has 7 heteroatoms. The van der Waals surface area contributed by atoms with Crippen molar-refractivity contribution in [3.63, 3.8) is 0 Å². The number of carbonyl (C=O) groups is 1. The highest BCUT2D eigenvalue weighted by molar-refractivity contribution is 5.94. The van der Waals surface area contributed by atoms with Crippen LogP contribution < -0.4 is 20.1 Å². The van der Waals surface area contributed by atoms with Crippen molar-refractivity contribution in [2.45, 2.75) is 26.8 Å². The Labute approximate surface area is 185 Å². The molecule has 0 aliphatic rings. The standard InChI is InChI=1S/C24H34N4O3/c1-6-25-23(29)20-11-8-19(9-12-20)17-27-24(26-7-2)28(3)15-14-18-10-13-21(30-4)22(16-18)31-5/h8-13,16H,6-7,14-15,17H2,1-5H3,(H,25,29)(H,26,27). The van der Waals surface area contributed by atoms with E-state index < -0.39 is 0 Å². The van der Waals surface area contributed by atoms with Gasteiger partial charge in [-0.1, -0.05) is 18.2 Å². The minimum atomic E-state index is -0.0548. The summed E-state index contributed by atoms with van der Waals surface area (Å²) in [5.74, 6) is 2.25. The van der Waals surface area contributed by atoms with Gasteiger partial charge in [0, 0.05) is 32.2 Å². The van der Waals surface area contributed by atoms with E-state index in [4.69, 9.17) is 14.5 Å². The van der Waals surface area contributed by atoms with Crippen LogP contribution >= 0.6 is 0 Å². The molecule has 0 saturated carbocycles. The van der Waals surface area contributed by atoms with Crippen molar-refractivity contribution < 1.29 is 14.3 Å². The largest absolute Gasteiger partial charge is 0.493 e. The first-order chi connectivity index (χ1) is 15.0. The topological polar surface area (TPSA) is 75.2 Å². The molecule has 0 atom stereocenters. The number of likely N-dealkylation sites (N-methyl/N-ethyl adjacent to an activating group) is 1. The van der Waals surface area contributed by atoms with Crippen molar-refractivity contribution in [3.8, 4) is 11.5 Å². The quantitative estimate of drug-likeness (QED) is 0.451. The number of hydrogen-bond donors (Lipinski definition) is 2. The molecular formula is C24H34N4O3. The number of guanidine groups is 1. The van der Waals surface area contributed by atoms with E-state index in [-0.39, 0.29) is 5.91 Å². The van der Waals surface area contributed by atoms with Gasteiger partial charge in [0.1, 0.15) is 0 Å². The molecule has 7 nitrogen and oxygen atoms in total. The van der Waals surface area contributed by atoms with Gasteiger partial charge in [0.2, 0.25) is 0 Å². The summed E-state index contributed by atoms with van der Waals surface area (Å²) in [4.78, 5) is 18.8. The Bertz CT molecular complexity index is 866. The lowest BCUT2D eigenvalue weighted by atomic mass is 10.1. The van der Waals surface area contributed by atoms with E-state index in [9.17, 15) is 4.79 Å². The Morgan fingerprint density at radius 1 is 0.935 bits per heavy atom. The number of nitrogens with one attached hydrogen (secondary N) is 2. The van der Waals surface area contributed by atoms with E-state index in [1.54, 1.807) is 14.2 Å². The van der Waals surface area contributed by atoms with E-state index >= 15 is 0 Å². The normalized spacial score (nSPS) is 11.1. The highest BCUT2D eigenvalue weighted by atomic mass is 16.5. The van der Waals surface area contributed by atoms with Crippen molar-refractivity contribution in [2.24, 2.45) is 4.99 Å². The maximum atomic E-state index is 11.9. The SMILES string of the molecule is CCNC(=O)c1ccc(CN=C(NCC)N(C)CCc2ccc(OC)c(OC)c2)cc1. The van der Waals surface area contributed by atoms with Crippen molar-refractivity contribution in [1.29, 1.82) is 0 Å². The molecule has 0 saturated heterocycles. The average molecular weight is 427 g/mol. The van der Waals surface area contributed by atoms with Crippen molar-refractivity contribution >= 4 is 11.9 Å². The van der Waals surface area contributed by atoms with Gasteiger partial charge in [-0.15, -0.1) is 0 Å². The van der Waals surface area contributed by atoms with Crippen LogP contribution in [0.2, 0.25) is 0 Å². The lowest BCUT2D eigenvalue weighted by Crippen LogP contribution is -2.39. The molecule has 0 heterocycles. The van der Waals surface area contributed by atoms with Gasteiger partial charge in [-0.2, -0.15) is 0 Å². The van der Waals surface area contributed by atoms with Gasteiger partial charge >= 0.3 is 0 Å². The van der Waals surface area contributed by atoms with E-state index in [0.717, 1.165) is 42.5 Å². The van der Waals surface area contributed by atoms with Crippen molar-refractivity contribution in [2.75, 3.05) is 40.9 Å². The van der Waals surface area contributed by atoms with Crippen LogP contribution in [-0.4, -0.2) is 57.7 Å². The summed E-state index contributed by atoms with van der Waals surface area (Å²) in [5.41, 5.74) is 2.88. The molecule has 0 unspecified atom stereocenters. The van der Waals surface area contributed by atoms with Gasteiger partial charge in [-0.3, -0.25) is 4.79 Å². The molecule has 168 valence electrons. The van der Waals surface area contributed by atoms with Crippen LogP contribution in [0.25, 0.3) is 0 Å². The molecule has 0 aliphatic carbocycles. The highest BCUT2D eigenvalue weighted by Gasteiger charge is 2.09. The second-order valence-corrected chi connectivity index (χ2v) is 7.09. The molecule has 0 radical (unpaired) electrons. The van der Waals surface area contributed by atoms with E-state index in [2.05, 4.69) is 28.5 Å². The number of benzene rings is 2. The van der Waals surface area contributed by atoms with E-state index in [1.807, 2.05) is 50.4 Å². The summed E-state index contributed by atoms with van der Waals surface area (Å²) in [6.07, 6.45) is 0.850. The Morgan fingerprint density at radius 3 is 2.19 bits per heavy atom. The summed E-state index contributed by atoms with van der Waals surface area (Å²) in [5, 5.41) is 6.15. The zero-order chi connectivity index (χ0) is 22.6. The lowest BCUT2D eigenvalue weighted by molar-refractivity contribution is 0.0956. The number of carbonyl (C=O) groups excluding carboxylic acids is 1. The summed E-state index contributed by atoms with van der Waals surface area (Å²) in [7, 11) is 5.31. The summed E-state index contributed by atoms with van der Waals surface area (Å²) in [6.45, 7) is 6.71. The Kier molecular flexibility index (Phi) is 9.68. The smallest absolute Gasteiger partial charge is 0.251 e. The second kappa shape index (κ2) is 12.5. The van der Waals surface area contributed by atoms with Gasteiger partial charge in [0.15, 0.2) is 17.5 Å². The summed E-state index contributed by atoms with van der Waals surface area (Å²) in [6, 6.07) is 13.6. The predicted molar refractivity (Wildman–Crippen MR) is 125 cm³/mol. The van der Waals surface area contributed by atoms with Crippen LogP contribution in [0.15, 0.2) is 47.5 Å². The zero-order valence-electron chi connectivity index (χ0n) is 19.2. The number of rotatable bonds is 10. The maximum Gasteiger partial charge on any atom is 0.251 e. The molecule has 0 aliphatic heterocycles. The van der Waals surface area contributed by atoms with Crippen LogP contribution in [-0.2, 0) is 13.0 Å². The first-order valence-corrected chi connectivity index (χ1v) is 10.6. The summed E-state index contributed by atoms with van der Waals surface area (Å²) >= 11 is 0. The number of methoxy groups -OCH3 is 2. The fourth-order valence-corrected chi connectivity index (χ4v) is 3.10. The molecule has 2 aromatic carbocycles.